The van der Waals surface area contributed by atoms with Crippen LogP contribution in [0.5, 0.6) is 5.75 Å². The monoisotopic (exact) mass is 320 g/mol. The van der Waals surface area contributed by atoms with Crippen LogP contribution in [0.4, 0.5) is 0 Å². The van der Waals surface area contributed by atoms with Gasteiger partial charge in [-0.1, -0.05) is 32.4 Å². The fourth-order valence-electron chi connectivity index (χ4n) is 1.26. The first-order chi connectivity index (χ1) is 7.71. The number of rotatable bonds is 3. The van der Waals surface area contributed by atoms with Crippen molar-refractivity contribution >= 4 is 33.5 Å². The maximum absolute atomic E-state index is 10.4. The Balaban J connectivity index is 3.07. The molecule has 0 aliphatic rings. The van der Waals surface area contributed by atoms with Gasteiger partial charge in [-0.15, -0.1) is 0 Å². The molecule has 3 nitrogen and oxygen atoms in total. The molecule has 0 heterocycles. The average Bonchev–Trinajstić information content (AvgIpc) is 2.14. The Hall–Kier alpha value is -0.740. The van der Waals surface area contributed by atoms with Crippen LogP contribution in [-0.2, 0) is 10.2 Å². The van der Waals surface area contributed by atoms with E-state index in [1.54, 1.807) is 6.07 Å². The number of ether oxygens (including phenoxy) is 1. The summed E-state index contributed by atoms with van der Waals surface area (Å²) >= 11 is 9.41. The van der Waals surface area contributed by atoms with Crippen LogP contribution in [0.2, 0.25) is 5.02 Å². The molecule has 0 bridgehead atoms. The second kappa shape index (κ2) is 5.27. The van der Waals surface area contributed by atoms with Gasteiger partial charge in [0.25, 0.3) is 0 Å². The Kier molecular flexibility index (Phi) is 4.44. The van der Waals surface area contributed by atoms with Gasteiger partial charge in [0, 0.05) is 0 Å². The standard InChI is InChI=1S/C12H14BrClO3/c1-12(2,3)7-4-8(13)11(9(14)5-7)17-6-10(15)16/h4-5H,6H2,1-3H3,(H,15,16). The summed E-state index contributed by atoms with van der Waals surface area (Å²) in [7, 11) is 0. The van der Waals surface area contributed by atoms with Crippen LogP contribution >= 0.6 is 27.5 Å². The van der Waals surface area contributed by atoms with Gasteiger partial charge in [-0.25, -0.2) is 4.79 Å². The van der Waals surface area contributed by atoms with Crippen molar-refractivity contribution in [3.05, 3.63) is 27.2 Å². The summed E-state index contributed by atoms with van der Waals surface area (Å²) in [6, 6.07) is 3.69. The largest absolute Gasteiger partial charge is 0.479 e. The van der Waals surface area contributed by atoms with Crippen molar-refractivity contribution in [1.29, 1.82) is 0 Å². The van der Waals surface area contributed by atoms with Crippen LogP contribution in [0.3, 0.4) is 0 Å². The smallest absolute Gasteiger partial charge is 0.341 e. The molecule has 5 heteroatoms. The highest BCUT2D eigenvalue weighted by atomic mass is 79.9. The lowest BCUT2D eigenvalue weighted by Gasteiger charge is -2.21. The molecular formula is C12H14BrClO3. The van der Waals surface area contributed by atoms with Crippen LogP contribution in [0.15, 0.2) is 16.6 Å². The van der Waals surface area contributed by atoms with E-state index in [-0.39, 0.29) is 5.41 Å². The first-order valence-electron chi connectivity index (χ1n) is 5.06. The lowest BCUT2D eigenvalue weighted by atomic mass is 9.87. The van der Waals surface area contributed by atoms with Gasteiger partial charge >= 0.3 is 5.97 Å². The molecule has 0 aromatic heterocycles. The maximum atomic E-state index is 10.4. The highest BCUT2D eigenvalue weighted by molar-refractivity contribution is 9.10. The Bertz CT molecular complexity index is 415. The highest BCUT2D eigenvalue weighted by Crippen LogP contribution is 2.37. The van der Waals surface area contributed by atoms with Gasteiger partial charge in [-0.05, 0) is 39.0 Å². The number of benzene rings is 1. The molecule has 0 spiro atoms. The second-order valence-corrected chi connectivity index (χ2v) is 5.96. The number of aliphatic carboxylic acids is 1. The third-order valence-electron chi connectivity index (χ3n) is 2.20. The molecule has 17 heavy (non-hydrogen) atoms. The molecule has 0 radical (unpaired) electrons. The first kappa shape index (κ1) is 14.3. The zero-order valence-electron chi connectivity index (χ0n) is 9.88. The van der Waals surface area contributed by atoms with E-state index >= 15 is 0 Å². The molecule has 0 amide bonds. The molecule has 0 fully saturated rings. The molecule has 0 unspecified atom stereocenters. The predicted molar refractivity (Wildman–Crippen MR) is 71.0 cm³/mol. The van der Waals surface area contributed by atoms with E-state index < -0.39 is 12.6 Å². The topological polar surface area (TPSA) is 46.5 Å². The minimum Gasteiger partial charge on any atom is -0.479 e. The van der Waals surface area contributed by atoms with E-state index in [0.29, 0.717) is 15.2 Å². The second-order valence-electron chi connectivity index (χ2n) is 4.70. The van der Waals surface area contributed by atoms with Crippen molar-refractivity contribution in [1.82, 2.24) is 0 Å². The Morgan fingerprint density at radius 2 is 2.06 bits per heavy atom. The Labute approximate surface area is 114 Å². The van der Waals surface area contributed by atoms with E-state index in [4.69, 9.17) is 21.4 Å². The van der Waals surface area contributed by atoms with Crippen molar-refractivity contribution < 1.29 is 14.6 Å². The summed E-state index contributed by atoms with van der Waals surface area (Å²) < 4.78 is 5.78. The Morgan fingerprint density at radius 1 is 1.47 bits per heavy atom. The van der Waals surface area contributed by atoms with Crippen molar-refractivity contribution in [2.24, 2.45) is 0 Å². The van der Waals surface area contributed by atoms with Gasteiger partial charge in [-0.2, -0.15) is 0 Å². The molecular weight excluding hydrogens is 307 g/mol. The van der Waals surface area contributed by atoms with Gasteiger partial charge in [0.2, 0.25) is 0 Å². The molecule has 1 aromatic rings. The summed E-state index contributed by atoms with van der Waals surface area (Å²) in [5.41, 5.74) is 1.02. The van der Waals surface area contributed by atoms with Gasteiger partial charge < -0.3 is 9.84 Å². The summed E-state index contributed by atoms with van der Waals surface area (Å²) in [5, 5.41) is 8.96. The summed E-state index contributed by atoms with van der Waals surface area (Å²) in [6.07, 6.45) is 0. The van der Waals surface area contributed by atoms with Crippen molar-refractivity contribution in [3.8, 4) is 5.75 Å². The molecule has 0 saturated heterocycles. The molecule has 0 aliphatic carbocycles. The number of carboxylic acids is 1. The molecule has 1 rings (SSSR count). The molecule has 1 N–H and O–H groups in total. The quantitative estimate of drug-likeness (QED) is 0.919. The van der Waals surface area contributed by atoms with Crippen LogP contribution in [-0.4, -0.2) is 17.7 Å². The average molecular weight is 322 g/mol. The van der Waals surface area contributed by atoms with E-state index in [1.807, 2.05) is 6.07 Å². The lowest BCUT2D eigenvalue weighted by molar-refractivity contribution is -0.139. The summed E-state index contributed by atoms with van der Waals surface area (Å²) in [4.78, 5) is 10.4. The summed E-state index contributed by atoms with van der Waals surface area (Å²) in [5.74, 6) is -0.671. The van der Waals surface area contributed by atoms with Crippen LogP contribution in [0.1, 0.15) is 26.3 Å². The van der Waals surface area contributed by atoms with E-state index in [9.17, 15) is 4.79 Å². The normalized spacial score (nSPS) is 11.4. The minimum absolute atomic E-state index is 0.0303. The van der Waals surface area contributed by atoms with Gasteiger partial charge in [0.15, 0.2) is 12.4 Å². The lowest BCUT2D eigenvalue weighted by Crippen LogP contribution is -2.13. The number of hydrogen-bond acceptors (Lipinski definition) is 2. The third-order valence-corrected chi connectivity index (χ3v) is 3.07. The van der Waals surface area contributed by atoms with E-state index in [2.05, 4.69) is 36.7 Å². The number of halogens is 2. The third kappa shape index (κ3) is 3.89. The Morgan fingerprint density at radius 3 is 2.47 bits per heavy atom. The molecule has 0 aliphatic heterocycles. The zero-order chi connectivity index (χ0) is 13.2. The van der Waals surface area contributed by atoms with E-state index in [0.717, 1.165) is 5.56 Å². The van der Waals surface area contributed by atoms with Crippen molar-refractivity contribution in [3.63, 3.8) is 0 Å². The van der Waals surface area contributed by atoms with Crippen LogP contribution in [0.25, 0.3) is 0 Å². The van der Waals surface area contributed by atoms with Gasteiger partial charge in [0.1, 0.15) is 0 Å². The number of hydrogen-bond donors (Lipinski definition) is 1. The fraction of sp³-hybridized carbons (Fsp3) is 0.417. The van der Waals surface area contributed by atoms with Gasteiger partial charge in [-0.3, -0.25) is 0 Å². The predicted octanol–water partition coefficient (Wildman–Crippen LogP) is 3.86. The summed E-state index contributed by atoms with van der Waals surface area (Å²) in [6.45, 7) is 5.81. The maximum Gasteiger partial charge on any atom is 0.341 e. The van der Waals surface area contributed by atoms with Crippen LogP contribution < -0.4 is 4.74 Å². The fourth-order valence-corrected chi connectivity index (χ4v) is 2.23. The molecule has 0 saturated carbocycles. The number of carbonyl (C=O) groups is 1. The molecule has 94 valence electrons. The molecule has 1 aromatic carbocycles. The minimum atomic E-state index is -1.03. The van der Waals surface area contributed by atoms with E-state index in [1.165, 1.54) is 0 Å². The zero-order valence-corrected chi connectivity index (χ0v) is 12.2. The highest BCUT2D eigenvalue weighted by Gasteiger charge is 2.18. The molecule has 0 atom stereocenters. The van der Waals surface area contributed by atoms with Gasteiger partial charge in [0.05, 0.1) is 9.50 Å². The SMILES string of the molecule is CC(C)(C)c1cc(Cl)c(OCC(=O)O)c(Br)c1. The number of carboxylic acid groups (broad SMARTS) is 1. The van der Waals surface area contributed by atoms with Crippen LogP contribution in [0, 0.1) is 0 Å². The van der Waals surface area contributed by atoms with Crippen molar-refractivity contribution in [2.75, 3.05) is 6.61 Å². The van der Waals surface area contributed by atoms with Crippen molar-refractivity contribution in [2.45, 2.75) is 26.2 Å². The first-order valence-corrected chi connectivity index (χ1v) is 6.23.